The van der Waals surface area contributed by atoms with Crippen molar-refractivity contribution in [3.63, 3.8) is 0 Å². The topological polar surface area (TPSA) is 0 Å². The predicted molar refractivity (Wildman–Crippen MR) is 185 cm³/mol. The van der Waals surface area contributed by atoms with Crippen molar-refractivity contribution in [1.29, 1.82) is 0 Å². The summed E-state index contributed by atoms with van der Waals surface area (Å²) < 4.78 is 90.5. The zero-order chi connectivity index (χ0) is 36.9. The molecule has 0 nitrogen and oxygen atoms in total. The predicted octanol–water partition coefficient (Wildman–Crippen LogP) is 13.9. The average molecular weight is 681 g/mol. The number of halogens is 7. The molecule has 0 bridgehead atoms. The number of rotatable bonds is 0. The maximum Gasteiger partial charge on any atom is 0.272 e. The first kappa shape index (κ1) is 43.8. The van der Waals surface area contributed by atoms with Gasteiger partial charge in [0, 0.05) is 23.7 Å². The smallest absolute Gasteiger partial charge is 0.247 e. The molecule has 0 aromatic rings. The second kappa shape index (κ2) is 17.6. The lowest BCUT2D eigenvalue weighted by molar-refractivity contribution is -0.0692. The van der Waals surface area contributed by atoms with Crippen LogP contribution in [0, 0.1) is 71.0 Å². The fourth-order valence-corrected chi connectivity index (χ4v) is 7.58. The fraction of sp³-hybridized carbons (Fsp3) is 0.850. The maximum absolute atomic E-state index is 13.0. The summed E-state index contributed by atoms with van der Waals surface area (Å²) in [6, 6.07) is 0. The van der Waals surface area contributed by atoms with E-state index in [1.165, 1.54) is 6.92 Å². The molecule has 7 heteroatoms. The Morgan fingerprint density at radius 3 is 1.26 bits per heavy atom. The molecule has 0 aliphatic heterocycles. The highest BCUT2D eigenvalue weighted by molar-refractivity contribution is 5.20. The summed E-state index contributed by atoms with van der Waals surface area (Å²) in [5.74, 6) is -3.50. The summed E-state index contributed by atoms with van der Waals surface area (Å²) in [4.78, 5) is 0. The van der Waals surface area contributed by atoms with Gasteiger partial charge < -0.3 is 0 Å². The lowest BCUT2D eigenvalue weighted by Crippen LogP contribution is -2.27. The SMILES string of the molecule is CC1=C(F)C(C)C(C)C1.CC1=CC(C)C(C)C1(F)F.CC1=CC(C)C(C)C1F.CC1CC(C)C(F)(F)C1C.CC1CC(C)C(F)C1C. The quantitative estimate of drug-likeness (QED) is 0.176. The molecule has 14 atom stereocenters. The van der Waals surface area contributed by atoms with Crippen LogP contribution >= 0.6 is 0 Å². The third kappa shape index (κ3) is 10.9. The van der Waals surface area contributed by atoms with Crippen molar-refractivity contribution < 1.29 is 30.7 Å². The zero-order valence-electron chi connectivity index (χ0n) is 32.0. The zero-order valence-corrected chi connectivity index (χ0v) is 32.0. The average Bonchev–Trinajstić information content (AvgIpc) is 3.58. The lowest BCUT2D eigenvalue weighted by atomic mass is 9.96. The van der Waals surface area contributed by atoms with Gasteiger partial charge in [0.1, 0.15) is 18.2 Å². The van der Waals surface area contributed by atoms with E-state index in [0.29, 0.717) is 36.0 Å². The van der Waals surface area contributed by atoms with Gasteiger partial charge >= 0.3 is 0 Å². The second-order valence-electron chi connectivity index (χ2n) is 16.3. The summed E-state index contributed by atoms with van der Waals surface area (Å²) in [7, 11) is 0. The summed E-state index contributed by atoms with van der Waals surface area (Å²) >= 11 is 0. The van der Waals surface area contributed by atoms with Gasteiger partial charge in [-0.2, -0.15) is 0 Å². The molecule has 0 N–H and O–H groups in total. The summed E-state index contributed by atoms with van der Waals surface area (Å²) in [6.45, 7) is 28.1. The molecule has 5 rings (SSSR count). The van der Waals surface area contributed by atoms with Crippen LogP contribution in [0.2, 0.25) is 0 Å². The summed E-state index contributed by atoms with van der Waals surface area (Å²) in [6.07, 6.45) is 5.16. The Hall–Kier alpha value is -1.27. The van der Waals surface area contributed by atoms with Crippen LogP contribution in [0.3, 0.4) is 0 Å². The van der Waals surface area contributed by atoms with E-state index in [2.05, 4.69) is 20.8 Å². The molecule has 0 aromatic carbocycles. The minimum Gasteiger partial charge on any atom is -0.247 e. The Morgan fingerprint density at radius 1 is 0.617 bits per heavy atom. The van der Waals surface area contributed by atoms with Crippen molar-refractivity contribution in [3.05, 3.63) is 34.7 Å². The van der Waals surface area contributed by atoms with Crippen LogP contribution in [0.15, 0.2) is 34.7 Å². The van der Waals surface area contributed by atoms with E-state index < -0.39 is 41.9 Å². The largest absolute Gasteiger partial charge is 0.272 e. The highest BCUT2D eigenvalue weighted by atomic mass is 19.3. The standard InChI is InChI=1S/C8H14F2.C8H12F2.C8H15F.2C8H13F/c2*1-5-4-6(2)8(9,10)7(5)3;3*1-5-4-6(2)8(9)7(5)3/h5-7H,4H2,1-3H3;4-5,7H,1-3H3;5-8H,4H2,1-3H3;5,7H,4H2,1-3H3;4-5,7-8H,1-3H3. The monoisotopic (exact) mass is 681 g/mol. The number of allylic oxidation sites excluding steroid dienone is 6. The third-order valence-corrected chi connectivity index (χ3v) is 12.5. The summed E-state index contributed by atoms with van der Waals surface area (Å²) in [5.41, 5.74) is 2.09. The van der Waals surface area contributed by atoms with Gasteiger partial charge in [-0.25, -0.2) is 30.7 Å². The highest BCUT2D eigenvalue weighted by Crippen LogP contribution is 2.48. The molecule has 0 heterocycles. The van der Waals surface area contributed by atoms with Crippen LogP contribution < -0.4 is 0 Å². The molecule has 0 spiro atoms. The van der Waals surface area contributed by atoms with Crippen molar-refractivity contribution in [2.45, 2.75) is 147 Å². The van der Waals surface area contributed by atoms with Crippen molar-refractivity contribution >= 4 is 0 Å². The van der Waals surface area contributed by atoms with Crippen molar-refractivity contribution in [3.8, 4) is 0 Å². The first-order valence-electron chi connectivity index (χ1n) is 18.1. The highest BCUT2D eigenvalue weighted by Gasteiger charge is 2.50. The van der Waals surface area contributed by atoms with Gasteiger partial charge in [-0.15, -0.1) is 0 Å². The molecule has 2 saturated carbocycles. The first-order valence-corrected chi connectivity index (χ1v) is 18.1. The second-order valence-corrected chi connectivity index (χ2v) is 16.3. The van der Waals surface area contributed by atoms with Crippen molar-refractivity contribution in [1.82, 2.24) is 0 Å². The van der Waals surface area contributed by atoms with E-state index in [9.17, 15) is 30.7 Å². The Balaban J connectivity index is 0.000000294. The normalized spacial score (nSPS) is 42.9. The number of hydrogen-bond acceptors (Lipinski definition) is 0. The molecular formula is C40H67F7. The molecule has 276 valence electrons. The minimum absolute atomic E-state index is 0.0231. The van der Waals surface area contributed by atoms with E-state index in [1.54, 1.807) is 26.8 Å². The van der Waals surface area contributed by atoms with Crippen LogP contribution in [-0.2, 0) is 0 Å². The number of alkyl halides is 6. The Bertz CT molecular complexity index is 1060. The van der Waals surface area contributed by atoms with Gasteiger partial charge in [-0.05, 0) is 104 Å². The van der Waals surface area contributed by atoms with E-state index in [-0.39, 0.29) is 35.1 Å². The van der Waals surface area contributed by atoms with Crippen LogP contribution in [-0.4, -0.2) is 24.2 Å². The van der Waals surface area contributed by atoms with Crippen LogP contribution in [0.25, 0.3) is 0 Å². The molecule has 0 aromatic heterocycles. The molecule has 0 saturated heterocycles. The fourth-order valence-electron chi connectivity index (χ4n) is 7.58. The van der Waals surface area contributed by atoms with Crippen LogP contribution in [0.5, 0.6) is 0 Å². The van der Waals surface area contributed by atoms with Gasteiger partial charge in [0.05, 0.1) is 0 Å². The van der Waals surface area contributed by atoms with E-state index >= 15 is 0 Å². The van der Waals surface area contributed by atoms with Gasteiger partial charge in [-0.3, -0.25) is 0 Å². The van der Waals surface area contributed by atoms with Gasteiger partial charge in [0.25, 0.3) is 11.8 Å². The molecule has 5 aliphatic rings. The molecule has 0 radical (unpaired) electrons. The molecular weight excluding hydrogens is 613 g/mol. The molecule has 5 aliphatic carbocycles. The van der Waals surface area contributed by atoms with Crippen molar-refractivity contribution in [2.75, 3.05) is 0 Å². The molecule has 14 unspecified atom stereocenters. The van der Waals surface area contributed by atoms with E-state index in [4.69, 9.17) is 0 Å². The first-order chi connectivity index (χ1) is 21.3. The molecule has 47 heavy (non-hydrogen) atoms. The minimum atomic E-state index is -2.56. The molecule has 0 amide bonds. The Morgan fingerprint density at radius 2 is 1.15 bits per heavy atom. The number of hydrogen-bond donors (Lipinski definition) is 0. The Kier molecular flexibility index (Phi) is 16.4. The lowest BCUT2D eigenvalue weighted by Gasteiger charge is -2.19. The van der Waals surface area contributed by atoms with Gasteiger partial charge in [0.15, 0.2) is 0 Å². The van der Waals surface area contributed by atoms with E-state index in [0.717, 1.165) is 24.0 Å². The molecule has 2 fully saturated rings. The Labute approximate surface area is 283 Å². The van der Waals surface area contributed by atoms with Gasteiger partial charge in [-0.1, -0.05) is 95.2 Å². The van der Waals surface area contributed by atoms with Crippen LogP contribution in [0.4, 0.5) is 30.7 Å². The summed E-state index contributed by atoms with van der Waals surface area (Å²) in [5, 5.41) is 0. The van der Waals surface area contributed by atoms with Crippen LogP contribution in [0.1, 0.15) is 123 Å². The van der Waals surface area contributed by atoms with E-state index in [1.807, 2.05) is 61.5 Å². The maximum atomic E-state index is 13.0. The van der Waals surface area contributed by atoms with Gasteiger partial charge in [0.2, 0.25) is 0 Å². The van der Waals surface area contributed by atoms with Crippen molar-refractivity contribution in [2.24, 2.45) is 71.0 Å². The third-order valence-electron chi connectivity index (χ3n) is 12.5.